The molecular weight excluding hydrogens is 266 g/mol. The van der Waals surface area contributed by atoms with Crippen molar-refractivity contribution >= 4 is 17.0 Å². The molecule has 106 valence electrons. The lowest BCUT2D eigenvalue weighted by Crippen LogP contribution is -2.46. The molecule has 1 rings (SSSR count). The third-order valence-corrected chi connectivity index (χ3v) is 3.07. The summed E-state index contributed by atoms with van der Waals surface area (Å²) < 4.78 is 5.36. The Hall–Kier alpha value is -1.10. The van der Waals surface area contributed by atoms with Crippen LogP contribution < -0.4 is 0 Å². The maximum atomic E-state index is 11.3. The van der Waals surface area contributed by atoms with Crippen LogP contribution in [0.25, 0.3) is 0 Å². The molecule has 0 aromatic heterocycles. The summed E-state index contributed by atoms with van der Waals surface area (Å²) >= 11 is 5.49. The minimum absolute atomic E-state index is 0.132. The first-order valence-corrected chi connectivity index (χ1v) is 6.59. The molecule has 0 radical (unpaired) electrons. The second-order valence-electron chi connectivity index (χ2n) is 4.70. The van der Waals surface area contributed by atoms with Crippen LogP contribution in [0.1, 0.15) is 19.4 Å². The monoisotopic (exact) mass is 285 g/mol. The van der Waals surface area contributed by atoms with E-state index < -0.39 is 17.7 Å². The number of rotatable bonds is 6. The number of amides is 1. The number of aliphatic hydroxyl groups excluding tert-OH is 1. The standard InChI is InChI=1S/C14H20ClNO3/c1-10(2)19-13(17)12(16(3)14(15)18)9-11-7-5-4-6-8-11/h4-8,10,12-13,17H,9H2,1-3H3/t12-,13?/m0/s1. The van der Waals surface area contributed by atoms with E-state index in [9.17, 15) is 9.90 Å². The molecule has 0 aliphatic heterocycles. The largest absolute Gasteiger partial charge is 0.366 e. The van der Waals surface area contributed by atoms with Gasteiger partial charge in [0.25, 0.3) is 0 Å². The van der Waals surface area contributed by atoms with Crippen LogP contribution in [-0.2, 0) is 11.2 Å². The Bertz CT molecular complexity index is 397. The molecule has 4 nitrogen and oxygen atoms in total. The van der Waals surface area contributed by atoms with Crippen LogP contribution in [0, 0.1) is 0 Å². The zero-order valence-electron chi connectivity index (χ0n) is 11.4. The molecule has 0 saturated heterocycles. The molecule has 1 aromatic rings. The van der Waals surface area contributed by atoms with E-state index in [1.54, 1.807) is 7.05 Å². The van der Waals surface area contributed by atoms with E-state index in [0.717, 1.165) is 5.56 Å². The fourth-order valence-electron chi connectivity index (χ4n) is 1.78. The first-order valence-electron chi connectivity index (χ1n) is 6.21. The van der Waals surface area contributed by atoms with Crippen LogP contribution in [-0.4, -0.2) is 40.9 Å². The van der Waals surface area contributed by atoms with Crippen molar-refractivity contribution in [2.75, 3.05) is 7.05 Å². The highest BCUT2D eigenvalue weighted by Crippen LogP contribution is 2.15. The summed E-state index contributed by atoms with van der Waals surface area (Å²) in [6, 6.07) is 9.07. The van der Waals surface area contributed by atoms with Gasteiger partial charge in [-0.05, 0) is 37.4 Å². The summed E-state index contributed by atoms with van der Waals surface area (Å²) in [6.45, 7) is 3.65. The zero-order chi connectivity index (χ0) is 14.4. The van der Waals surface area contributed by atoms with E-state index in [1.807, 2.05) is 44.2 Å². The molecule has 2 atom stereocenters. The van der Waals surface area contributed by atoms with E-state index in [2.05, 4.69) is 0 Å². The normalized spacial score (nSPS) is 14.2. The van der Waals surface area contributed by atoms with Gasteiger partial charge >= 0.3 is 5.37 Å². The number of likely N-dealkylation sites (N-methyl/N-ethyl adjacent to an activating group) is 1. The van der Waals surface area contributed by atoms with Gasteiger partial charge in [0.15, 0.2) is 6.29 Å². The molecule has 19 heavy (non-hydrogen) atoms. The summed E-state index contributed by atoms with van der Waals surface area (Å²) in [5.41, 5.74) is 1.00. The topological polar surface area (TPSA) is 49.8 Å². The van der Waals surface area contributed by atoms with E-state index in [1.165, 1.54) is 4.90 Å². The fraction of sp³-hybridized carbons (Fsp3) is 0.500. The lowest BCUT2D eigenvalue weighted by atomic mass is 10.0. The molecule has 0 aliphatic carbocycles. The van der Waals surface area contributed by atoms with Crippen LogP contribution >= 0.6 is 11.6 Å². The van der Waals surface area contributed by atoms with Gasteiger partial charge in [0.2, 0.25) is 0 Å². The molecular formula is C14H20ClNO3. The number of benzene rings is 1. The smallest absolute Gasteiger partial charge is 0.316 e. The van der Waals surface area contributed by atoms with Gasteiger partial charge in [-0.15, -0.1) is 0 Å². The number of aliphatic hydroxyl groups is 1. The fourth-order valence-corrected chi connectivity index (χ4v) is 1.91. The molecule has 5 heteroatoms. The number of ether oxygens (including phenoxy) is 1. The Morgan fingerprint density at radius 3 is 2.42 bits per heavy atom. The number of carbonyl (C=O) groups excluding carboxylic acids is 1. The third kappa shape index (κ3) is 5.19. The third-order valence-electron chi connectivity index (χ3n) is 2.80. The first-order chi connectivity index (χ1) is 8.91. The molecule has 1 aromatic carbocycles. The van der Waals surface area contributed by atoms with E-state index in [-0.39, 0.29) is 6.10 Å². The van der Waals surface area contributed by atoms with Crippen LogP contribution in [0.5, 0.6) is 0 Å². The Morgan fingerprint density at radius 2 is 1.95 bits per heavy atom. The Morgan fingerprint density at radius 1 is 1.37 bits per heavy atom. The van der Waals surface area contributed by atoms with Gasteiger partial charge in [-0.3, -0.25) is 4.79 Å². The van der Waals surface area contributed by atoms with Crippen molar-refractivity contribution in [3.63, 3.8) is 0 Å². The highest BCUT2D eigenvalue weighted by molar-refractivity contribution is 6.62. The molecule has 0 heterocycles. The predicted octanol–water partition coefficient (Wildman–Crippen LogP) is 2.63. The maximum absolute atomic E-state index is 11.3. The van der Waals surface area contributed by atoms with Crippen LogP contribution in [0.2, 0.25) is 0 Å². The van der Waals surface area contributed by atoms with Gasteiger partial charge in [-0.25, -0.2) is 0 Å². The van der Waals surface area contributed by atoms with Crippen molar-refractivity contribution in [3.05, 3.63) is 35.9 Å². The second-order valence-corrected chi connectivity index (χ2v) is 5.02. The van der Waals surface area contributed by atoms with Crippen molar-refractivity contribution in [2.24, 2.45) is 0 Å². The van der Waals surface area contributed by atoms with Gasteiger partial charge in [-0.2, -0.15) is 0 Å². The van der Waals surface area contributed by atoms with Gasteiger partial charge in [0.05, 0.1) is 12.1 Å². The Balaban J connectivity index is 2.83. The van der Waals surface area contributed by atoms with E-state index in [4.69, 9.17) is 16.3 Å². The summed E-state index contributed by atoms with van der Waals surface area (Å²) in [7, 11) is 1.55. The summed E-state index contributed by atoms with van der Waals surface area (Å²) in [6.07, 6.45) is -0.732. The molecule has 0 aliphatic rings. The molecule has 0 saturated carbocycles. The van der Waals surface area contributed by atoms with E-state index >= 15 is 0 Å². The molecule has 1 unspecified atom stereocenters. The highest BCUT2D eigenvalue weighted by Gasteiger charge is 2.27. The average Bonchev–Trinajstić information content (AvgIpc) is 2.35. The number of hydrogen-bond donors (Lipinski definition) is 1. The number of halogens is 1. The van der Waals surface area contributed by atoms with Gasteiger partial charge < -0.3 is 14.7 Å². The molecule has 0 spiro atoms. The van der Waals surface area contributed by atoms with E-state index in [0.29, 0.717) is 6.42 Å². The summed E-state index contributed by atoms with van der Waals surface area (Å²) in [5.74, 6) is 0. The van der Waals surface area contributed by atoms with Crippen molar-refractivity contribution in [1.82, 2.24) is 4.90 Å². The SMILES string of the molecule is CC(C)OC(O)[C@H](Cc1ccccc1)N(C)C(=O)Cl. The lowest BCUT2D eigenvalue weighted by molar-refractivity contribution is -0.155. The van der Waals surface area contributed by atoms with Gasteiger partial charge in [0, 0.05) is 7.05 Å². The lowest BCUT2D eigenvalue weighted by Gasteiger charge is -2.31. The van der Waals surface area contributed by atoms with Gasteiger partial charge in [-0.1, -0.05) is 30.3 Å². The van der Waals surface area contributed by atoms with Crippen molar-refractivity contribution in [3.8, 4) is 0 Å². The first kappa shape index (κ1) is 16.0. The van der Waals surface area contributed by atoms with Crippen molar-refractivity contribution < 1.29 is 14.6 Å². The molecule has 0 fully saturated rings. The summed E-state index contributed by atoms with van der Waals surface area (Å²) in [4.78, 5) is 12.6. The minimum Gasteiger partial charge on any atom is -0.366 e. The quantitative estimate of drug-likeness (QED) is 0.497. The second kappa shape index (κ2) is 7.48. The number of hydrogen-bond acceptors (Lipinski definition) is 3. The minimum atomic E-state index is -1.08. The van der Waals surface area contributed by atoms with Crippen LogP contribution in [0.3, 0.4) is 0 Å². The predicted molar refractivity (Wildman–Crippen MR) is 75.2 cm³/mol. The molecule has 0 bridgehead atoms. The van der Waals surface area contributed by atoms with Crippen molar-refractivity contribution in [1.29, 1.82) is 0 Å². The van der Waals surface area contributed by atoms with Crippen LogP contribution in [0.15, 0.2) is 30.3 Å². The number of carbonyl (C=O) groups is 1. The maximum Gasteiger partial charge on any atom is 0.316 e. The van der Waals surface area contributed by atoms with Gasteiger partial charge in [0.1, 0.15) is 0 Å². The highest BCUT2D eigenvalue weighted by atomic mass is 35.5. The molecule has 1 amide bonds. The number of nitrogens with zero attached hydrogens (tertiary/aromatic N) is 1. The van der Waals surface area contributed by atoms with Crippen LogP contribution in [0.4, 0.5) is 4.79 Å². The summed E-state index contributed by atoms with van der Waals surface area (Å²) in [5, 5.41) is 9.47. The van der Waals surface area contributed by atoms with Crippen molar-refractivity contribution in [2.45, 2.75) is 38.7 Å². The Kier molecular flexibility index (Phi) is 6.28. The average molecular weight is 286 g/mol. The zero-order valence-corrected chi connectivity index (χ0v) is 12.2. The molecule has 1 N–H and O–H groups in total. The Labute approximate surface area is 118 Å².